The lowest BCUT2D eigenvalue weighted by Gasteiger charge is -2.17. The zero-order valence-corrected chi connectivity index (χ0v) is 17.0. The van der Waals surface area contributed by atoms with Crippen molar-refractivity contribution in [1.82, 2.24) is 0 Å². The van der Waals surface area contributed by atoms with Gasteiger partial charge in [0.2, 0.25) is 0 Å². The third-order valence-corrected chi connectivity index (χ3v) is 6.45. The molecule has 0 amide bonds. The fourth-order valence-electron chi connectivity index (χ4n) is 3.57. The quantitative estimate of drug-likeness (QED) is 0.541. The van der Waals surface area contributed by atoms with Gasteiger partial charge in [-0.3, -0.25) is 4.18 Å². The lowest BCUT2D eigenvalue weighted by Crippen LogP contribution is -2.12. The second-order valence-electron chi connectivity index (χ2n) is 6.78. The van der Waals surface area contributed by atoms with E-state index in [1.54, 1.807) is 12.1 Å². The van der Waals surface area contributed by atoms with E-state index in [0.29, 0.717) is 17.0 Å². The second-order valence-corrected chi connectivity index (χ2v) is 8.90. The predicted octanol–water partition coefficient (Wildman–Crippen LogP) is 5.33. The van der Waals surface area contributed by atoms with Crippen molar-refractivity contribution in [2.75, 3.05) is 7.11 Å². The molecule has 1 heterocycles. The molecule has 0 fully saturated rings. The minimum Gasteiger partial charge on any atom is -0.484 e. The summed E-state index contributed by atoms with van der Waals surface area (Å²) in [5.41, 5.74) is 4.39. The standard InChI is InChI=1S/C22H19ClO4S/c1-14-8-9-21(28(24,25)26-2)19(10-14)20-12-16-11-17(23)13-18(22(16)27-20)15-6-4-3-5-7-15/h3-11,13,20H,12H2,1-2H3. The number of hydrogen-bond donors (Lipinski definition) is 0. The summed E-state index contributed by atoms with van der Waals surface area (Å²) in [6.07, 6.45) is 0.0987. The number of rotatable bonds is 4. The van der Waals surface area contributed by atoms with E-state index in [4.69, 9.17) is 20.5 Å². The van der Waals surface area contributed by atoms with E-state index in [1.165, 1.54) is 0 Å². The van der Waals surface area contributed by atoms with Crippen molar-refractivity contribution in [3.05, 3.63) is 82.4 Å². The van der Waals surface area contributed by atoms with E-state index in [9.17, 15) is 8.42 Å². The highest BCUT2D eigenvalue weighted by Crippen LogP contribution is 2.46. The molecule has 1 atom stereocenters. The number of benzene rings is 3. The average Bonchev–Trinajstić information content (AvgIpc) is 3.11. The third-order valence-electron chi connectivity index (χ3n) is 4.88. The maximum atomic E-state index is 12.4. The van der Waals surface area contributed by atoms with E-state index in [-0.39, 0.29) is 4.90 Å². The molecular formula is C22H19ClO4S. The highest BCUT2D eigenvalue weighted by molar-refractivity contribution is 7.86. The Labute approximate surface area is 169 Å². The lowest BCUT2D eigenvalue weighted by atomic mass is 9.98. The second kappa shape index (κ2) is 7.24. The highest BCUT2D eigenvalue weighted by Gasteiger charge is 2.32. The molecule has 4 rings (SSSR count). The van der Waals surface area contributed by atoms with Crippen LogP contribution in [0.3, 0.4) is 0 Å². The third kappa shape index (κ3) is 3.41. The fourth-order valence-corrected chi connectivity index (χ4v) is 4.70. The molecule has 4 nitrogen and oxygen atoms in total. The van der Waals surface area contributed by atoms with Gasteiger partial charge in [-0.15, -0.1) is 0 Å². The van der Waals surface area contributed by atoms with Gasteiger partial charge in [-0.25, -0.2) is 0 Å². The summed E-state index contributed by atoms with van der Waals surface area (Å²) in [5, 5.41) is 0.621. The summed E-state index contributed by atoms with van der Waals surface area (Å²) in [6, 6.07) is 18.8. The van der Waals surface area contributed by atoms with E-state index in [2.05, 4.69) is 0 Å². The van der Waals surface area contributed by atoms with Crippen LogP contribution in [0.2, 0.25) is 5.02 Å². The fraction of sp³-hybridized carbons (Fsp3) is 0.182. The lowest BCUT2D eigenvalue weighted by molar-refractivity contribution is 0.235. The maximum absolute atomic E-state index is 12.4. The van der Waals surface area contributed by atoms with Crippen molar-refractivity contribution < 1.29 is 17.3 Å². The van der Waals surface area contributed by atoms with Crippen molar-refractivity contribution in [3.8, 4) is 16.9 Å². The summed E-state index contributed by atoms with van der Waals surface area (Å²) in [5.74, 6) is 0.739. The molecule has 1 aliphatic rings. The molecule has 28 heavy (non-hydrogen) atoms. The Hall–Kier alpha value is -2.34. The number of fused-ring (bicyclic) bond motifs is 1. The van der Waals surface area contributed by atoms with Crippen LogP contribution < -0.4 is 4.74 Å². The van der Waals surface area contributed by atoms with Crippen molar-refractivity contribution >= 4 is 21.7 Å². The Morgan fingerprint density at radius 2 is 1.82 bits per heavy atom. The highest BCUT2D eigenvalue weighted by atomic mass is 35.5. The van der Waals surface area contributed by atoms with Gasteiger partial charge in [0.05, 0.1) is 7.11 Å². The van der Waals surface area contributed by atoms with Crippen LogP contribution >= 0.6 is 11.6 Å². The Balaban J connectivity index is 1.81. The van der Waals surface area contributed by atoms with Crippen molar-refractivity contribution in [2.45, 2.75) is 24.3 Å². The van der Waals surface area contributed by atoms with E-state index in [0.717, 1.165) is 35.1 Å². The zero-order chi connectivity index (χ0) is 19.9. The normalized spacial score (nSPS) is 15.9. The maximum Gasteiger partial charge on any atom is 0.297 e. The first-order valence-corrected chi connectivity index (χ1v) is 10.6. The Bertz CT molecular complexity index is 1140. The molecule has 0 spiro atoms. The van der Waals surface area contributed by atoms with Crippen LogP contribution in [-0.2, 0) is 20.7 Å². The van der Waals surface area contributed by atoms with Gasteiger partial charge in [-0.1, -0.05) is 59.6 Å². The molecule has 144 valence electrons. The van der Waals surface area contributed by atoms with Gasteiger partial charge in [0, 0.05) is 28.1 Å². The summed E-state index contributed by atoms with van der Waals surface area (Å²) >= 11 is 6.35. The zero-order valence-electron chi connectivity index (χ0n) is 15.5. The number of hydrogen-bond acceptors (Lipinski definition) is 4. The van der Waals surface area contributed by atoms with Crippen molar-refractivity contribution in [2.24, 2.45) is 0 Å². The number of ether oxygens (including phenoxy) is 1. The summed E-state index contributed by atoms with van der Waals surface area (Å²) in [6.45, 7) is 1.92. The first kappa shape index (κ1) is 19.0. The monoisotopic (exact) mass is 414 g/mol. The van der Waals surface area contributed by atoms with Crippen LogP contribution in [0.15, 0.2) is 65.6 Å². The molecule has 0 radical (unpaired) electrons. The minimum atomic E-state index is -3.85. The van der Waals surface area contributed by atoms with Crippen LogP contribution in [0.5, 0.6) is 5.75 Å². The van der Waals surface area contributed by atoms with Crippen LogP contribution in [0.4, 0.5) is 0 Å². The van der Waals surface area contributed by atoms with Gasteiger partial charge < -0.3 is 4.74 Å². The molecule has 3 aromatic carbocycles. The van der Waals surface area contributed by atoms with Gasteiger partial charge in [0.25, 0.3) is 10.1 Å². The molecule has 0 saturated heterocycles. The first-order valence-electron chi connectivity index (χ1n) is 8.85. The smallest absolute Gasteiger partial charge is 0.297 e. The number of aryl methyl sites for hydroxylation is 1. The van der Waals surface area contributed by atoms with Crippen LogP contribution in [-0.4, -0.2) is 15.5 Å². The van der Waals surface area contributed by atoms with E-state index in [1.807, 2.05) is 55.5 Å². The molecule has 0 saturated carbocycles. The summed E-state index contributed by atoms with van der Waals surface area (Å²) in [7, 11) is -2.68. The van der Waals surface area contributed by atoms with Crippen LogP contribution in [0, 0.1) is 6.92 Å². The SMILES string of the molecule is COS(=O)(=O)c1ccc(C)cc1C1Cc2cc(Cl)cc(-c3ccccc3)c2O1. The molecule has 0 bridgehead atoms. The van der Waals surface area contributed by atoms with Gasteiger partial charge in [-0.05, 0) is 30.7 Å². The van der Waals surface area contributed by atoms with E-state index < -0.39 is 16.2 Å². The molecule has 1 unspecified atom stereocenters. The Morgan fingerprint density at radius 3 is 2.54 bits per heavy atom. The Morgan fingerprint density at radius 1 is 1.07 bits per heavy atom. The van der Waals surface area contributed by atoms with Crippen molar-refractivity contribution in [1.29, 1.82) is 0 Å². The largest absolute Gasteiger partial charge is 0.484 e. The molecule has 0 N–H and O–H groups in total. The van der Waals surface area contributed by atoms with Crippen LogP contribution in [0.1, 0.15) is 22.8 Å². The molecule has 3 aromatic rings. The van der Waals surface area contributed by atoms with E-state index >= 15 is 0 Å². The Kier molecular flexibility index (Phi) is 4.91. The summed E-state index contributed by atoms with van der Waals surface area (Å²) < 4.78 is 35.9. The van der Waals surface area contributed by atoms with Crippen molar-refractivity contribution in [3.63, 3.8) is 0 Å². The molecular weight excluding hydrogens is 396 g/mol. The summed E-state index contributed by atoms with van der Waals surface area (Å²) in [4.78, 5) is 0.130. The molecule has 1 aliphatic heterocycles. The number of halogens is 1. The topological polar surface area (TPSA) is 52.6 Å². The van der Waals surface area contributed by atoms with Crippen LogP contribution in [0.25, 0.3) is 11.1 Å². The van der Waals surface area contributed by atoms with Gasteiger partial charge in [0.15, 0.2) is 0 Å². The van der Waals surface area contributed by atoms with Gasteiger partial charge >= 0.3 is 0 Å². The van der Waals surface area contributed by atoms with Gasteiger partial charge in [-0.2, -0.15) is 8.42 Å². The predicted molar refractivity (Wildman–Crippen MR) is 109 cm³/mol. The van der Waals surface area contributed by atoms with Gasteiger partial charge in [0.1, 0.15) is 16.7 Å². The minimum absolute atomic E-state index is 0.130. The first-order chi connectivity index (χ1) is 13.4. The molecule has 0 aromatic heterocycles. The molecule has 0 aliphatic carbocycles. The molecule has 6 heteroatoms. The average molecular weight is 415 g/mol.